The molecule has 1 aromatic heterocycles. The average molecular weight is 273 g/mol. The monoisotopic (exact) mass is 273 g/mol. The number of pyridine rings is 1. The van der Waals surface area contributed by atoms with Crippen molar-refractivity contribution in [3.8, 4) is 5.75 Å². The lowest BCUT2D eigenvalue weighted by Crippen LogP contribution is -2.21. The van der Waals surface area contributed by atoms with E-state index in [9.17, 15) is 4.79 Å². The van der Waals surface area contributed by atoms with Gasteiger partial charge in [-0.3, -0.25) is 4.79 Å². The predicted octanol–water partition coefficient (Wildman–Crippen LogP) is 3.78. The highest BCUT2D eigenvalue weighted by Gasteiger charge is 2.06. The Hall–Kier alpha value is -2.03. The fourth-order valence-electron chi connectivity index (χ4n) is 1.81. The van der Waals surface area contributed by atoms with Crippen LogP contribution >= 0.6 is 0 Å². The van der Waals surface area contributed by atoms with Crippen molar-refractivity contribution >= 4 is 0 Å². The van der Waals surface area contributed by atoms with Crippen LogP contribution in [-0.4, -0.2) is 4.57 Å². The van der Waals surface area contributed by atoms with Crippen molar-refractivity contribution in [3.05, 3.63) is 64.1 Å². The Morgan fingerprint density at radius 2 is 1.75 bits per heavy atom. The van der Waals surface area contributed by atoms with Crippen LogP contribution in [0.15, 0.2) is 47.4 Å². The van der Waals surface area contributed by atoms with E-state index in [4.69, 9.17) is 4.74 Å². The van der Waals surface area contributed by atoms with Gasteiger partial charge in [0.25, 0.3) is 5.56 Å². The molecular formula is C17H23NO2. The number of aromatic nitrogens is 1. The molecule has 0 spiro atoms. The maximum absolute atomic E-state index is 11.9. The van der Waals surface area contributed by atoms with Gasteiger partial charge in [-0.1, -0.05) is 44.2 Å². The van der Waals surface area contributed by atoms with E-state index in [-0.39, 0.29) is 5.56 Å². The minimum atomic E-state index is 0.0167. The zero-order valence-corrected chi connectivity index (χ0v) is 12.7. The van der Waals surface area contributed by atoms with Gasteiger partial charge in [-0.2, -0.15) is 0 Å². The first kappa shape index (κ1) is 16.0. The number of ether oxygens (including phenoxy) is 1. The van der Waals surface area contributed by atoms with Gasteiger partial charge in [0, 0.05) is 12.7 Å². The Morgan fingerprint density at radius 1 is 1.10 bits per heavy atom. The molecule has 0 radical (unpaired) electrons. The molecule has 1 aromatic carbocycles. The summed E-state index contributed by atoms with van der Waals surface area (Å²) in [5, 5.41) is 0. The molecule has 3 nitrogen and oxygen atoms in total. The third kappa shape index (κ3) is 3.98. The maximum Gasteiger partial charge on any atom is 0.257 e. The second-order valence-corrected chi connectivity index (χ2v) is 4.17. The summed E-state index contributed by atoms with van der Waals surface area (Å²) in [5.74, 6) is 0.661. The highest BCUT2D eigenvalue weighted by molar-refractivity contribution is 5.29. The second-order valence-electron chi connectivity index (χ2n) is 4.17. The molecule has 1 heterocycles. The molecule has 0 saturated carbocycles. The average Bonchev–Trinajstić information content (AvgIpc) is 2.52. The van der Waals surface area contributed by atoms with Crippen LogP contribution in [0.5, 0.6) is 5.75 Å². The van der Waals surface area contributed by atoms with Crippen molar-refractivity contribution in [2.75, 3.05) is 0 Å². The summed E-state index contributed by atoms with van der Waals surface area (Å²) in [4.78, 5) is 11.9. The second kappa shape index (κ2) is 8.20. The van der Waals surface area contributed by atoms with Crippen molar-refractivity contribution in [2.45, 2.75) is 40.8 Å². The molecule has 0 amide bonds. The normalized spacial score (nSPS) is 9.60. The van der Waals surface area contributed by atoms with Gasteiger partial charge in [0.1, 0.15) is 12.4 Å². The molecule has 2 rings (SSSR count). The van der Waals surface area contributed by atoms with Gasteiger partial charge in [0.05, 0.1) is 5.56 Å². The van der Waals surface area contributed by atoms with Crippen molar-refractivity contribution < 1.29 is 4.74 Å². The van der Waals surface area contributed by atoms with E-state index in [0.29, 0.717) is 24.5 Å². The molecule has 0 aliphatic rings. The molecular weight excluding hydrogens is 250 g/mol. The van der Waals surface area contributed by atoms with Gasteiger partial charge in [-0.05, 0) is 25.5 Å². The van der Waals surface area contributed by atoms with Crippen LogP contribution in [0.3, 0.4) is 0 Å². The molecule has 3 heteroatoms. The van der Waals surface area contributed by atoms with Gasteiger partial charge in [-0.25, -0.2) is 0 Å². The lowest BCUT2D eigenvalue weighted by atomic mass is 10.2. The Labute approximate surface area is 120 Å². The lowest BCUT2D eigenvalue weighted by molar-refractivity contribution is 0.302. The summed E-state index contributed by atoms with van der Waals surface area (Å²) in [6.45, 7) is 8.91. The van der Waals surface area contributed by atoms with Crippen molar-refractivity contribution in [2.24, 2.45) is 0 Å². The van der Waals surface area contributed by atoms with E-state index < -0.39 is 0 Å². The van der Waals surface area contributed by atoms with Crippen LogP contribution in [0.1, 0.15) is 31.9 Å². The Kier molecular flexibility index (Phi) is 6.57. The van der Waals surface area contributed by atoms with E-state index >= 15 is 0 Å². The summed E-state index contributed by atoms with van der Waals surface area (Å²) < 4.78 is 7.36. The fourth-order valence-corrected chi connectivity index (χ4v) is 1.81. The van der Waals surface area contributed by atoms with E-state index in [1.54, 1.807) is 17.7 Å². The fraction of sp³-hybridized carbons (Fsp3) is 0.353. The number of hydrogen-bond acceptors (Lipinski definition) is 2. The first-order valence-electron chi connectivity index (χ1n) is 7.09. The first-order valence-corrected chi connectivity index (χ1v) is 7.09. The van der Waals surface area contributed by atoms with Gasteiger partial charge >= 0.3 is 0 Å². The van der Waals surface area contributed by atoms with Crippen molar-refractivity contribution in [1.29, 1.82) is 0 Å². The minimum Gasteiger partial charge on any atom is -0.488 e. The molecule has 108 valence electrons. The minimum absolute atomic E-state index is 0.0167. The quantitative estimate of drug-likeness (QED) is 0.849. The number of nitrogens with zero attached hydrogens (tertiary/aromatic N) is 1. The SMILES string of the molecule is CC.CCn1ccc(OCc2ccccc2)c(C)c1=O. The van der Waals surface area contributed by atoms with Crippen LogP contribution in [0, 0.1) is 6.92 Å². The highest BCUT2D eigenvalue weighted by Crippen LogP contribution is 2.14. The topological polar surface area (TPSA) is 31.2 Å². The van der Waals surface area contributed by atoms with Crippen LogP contribution in [0.4, 0.5) is 0 Å². The van der Waals surface area contributed by atoms with Gasteiger partial charge < -0.3 is 9.30 Å². The molecule has 0 atom stereocenters. The van der Waals surface area contributed by atoms with Gasteiger partial charge in [0.2, 0.25) is 0 Å². The van der Waals surface area contributed by atoms with Crippen molar-refractivity contribution in [1.82, 2.24) is 4.57 Å². The third-order valence-electron chi connectivity index (χ3n) is 2.93. The molecule has 20 heavy (non-hydrogen) atoms. The number of aryl methyl sites for hydroxylation is 1. The molecule has 0 fully saturated rings. The summed E-state index contributed by atoms with van der Waals surface area (Å²) in [5.41, 5.74) is 1.77. The molecule has 0 aliphatic carbocycles. The number of rotatable bonds is 4. The van der Waals surface area contributed by atoms with Gasteiger partial charge in [0.15, 0.2) is 0 Å². The van der Waals surface area contributed by atoms with Gasteiger partial charge in [-0.15, -0.1) is 0 Å². The molecule has 2 aromatic rings. The zero-order valence-electron chi connectivity index (χ0n) is 12.7. The standard InChI is InChI=1S/C15H17NO2.C2H6/c1-3-16-10-9-14(12(2)15(16)17)18-11-13-7-5-4-6-8-13;1-2/h4-10H,3,11H2,1-2H3;1-2H3. The summed E-state index contributed by atoms with van der Waals surface area (Å²) in [6.07, 6.45) is 1.77. The van der Waals surface area contributed by atoms with E-state index in [1.807, 2.05) is 57.2 Å². The zero-order chi connectivity index (χ0) is 15.0. The van der Waals surface area contributed by atoms with Crippen LogP contribution in [0.25, 0.3) is 0 Å². The van der Waals surface area contributed by atoms with Crippen LogP contribution in [-0.2, 0) is 13.2 Å². The molecule has 0 N–H and O–H groups in total. The Balaban J connectivity index is 0.000000956. The maximum atomic E-state index is 11.9. The number of benzene rings is 1. The summed E-state index contributed by atoms with van der Waals surface area (Å²) >= 11 is 0. The van der Waals surface area contributed by atoms with Crippen LogP contribution < -0.4 is 10.3 Å². The smallest absolute Gasteiger partial charge is 0.257 e. The molecule has 0 bridgehead atoms. The van der Waals surface area contributed by atoms with E-state index in [2.05, 4.69) is 0 Å². The molecule has 0 saturated heterocycles. The largest absolute Gasteiger partial charge is 0.488 e. The van der Waals surface area contributed by atoms with Crippen LogP contribution in [0.2, 0.25) is 0 Å². The number of hydrogen-bond donors (Lipinski definition) is 0. The highest BCUT2D eigenvalue weighted by atomic mass is 16.5. The third-order valence-corrected chi connectivity index (χ3v) is 2.93. The Bertz CT molecular complexity index is 573. The molecule has 0 aliphatic heterocycles. The summed E-state index contributed by atoms with van der Waals surface area (Å²) in [6, 6.07) is 11.8. The van der Waals surface area contributed by atoms with Crippen molar-refractivity contribution in [3.63, 3.8) is 0 Å². The molecule has 0 unspecified atom stereocenters. The van der Waals surface area contributed by atoms with E-state index in [0.717, 1.165) is 5.56 Å². The first-order chi connectivity index (χ1) is 9.72. The lowest BCUT2D eigenvalue weighted by Gasteiger charge is -2.10. The predicted molar refractivity (Wildman–Crippen MR) is 83.2 cm³/mol. The summed E-state index contributed by atoms with van der Waals surface area (Å²) in [7, 11) is 0. The van der Waals surface area contributed by atoms with E-state index in [1.165, 1.54) is 0 Å². The Morgan fingerprint density at radius 3 is 2.35 bits per heavy atom.